The van der Waals surface area contributed by atoms with Crippen LogP contribution < -0.4 is 0 Å². The number of ketones is 1. The molecule has 0 amide bonds. The number of carbonyl (C=O) groups is 1. The van der Waals surface area contributed by atoms with Gasteiger partial charge in [0.1, 0.15) is 11.6 Å². The van der Waals surface area contributed by atoms with Crippen LogP contribution in [0.5, 0.6) is 0 Å². The Morgan fingerprint density at radius 1 is 0.815 bits per heavy atom. The summed E-state index contributed by atoms with van der Waals surface area (Å²) in [6.07, 6.45) is 1.57. The lowest BCUT2D eigenvalue weighted by Gasteiger charge is -2.00. The molecule has 0 fully saturated rings. The molecule has 0 saturated heterocycles. The summed E-state index contributed by atoms with van der Waals surface area (Å²) in [7, 11) is 0. The highest BCUT2D eigenvalue weighted by molar-refractivity contribution is 6.30. The molecular formula is C24H14ClNO. The van der Waals surface area contributed by atoms with E-state index in [1.54, 1.807) is 30.3 Å². The van der Waals surface area contributed by atoms with Crippen LogP contribution in [-0.4, -0.2) is 5.78 Å². The molecule has 0 unspecified atom stereocenters. The quantitative estimate of drug-likeness (QED) is 0.264. The summed E-state index contributed by atoms with van der Waals surface area (Å²) in [5.41, 5.74) is 3.07. The predicted octanol–water partition coefficient (Wildman–Crippen LogP) is 5.53. The molecule has 0 saturated carbocycles. The second-order valence-electron chi connectivity index (χ2n) is 5.74. The van der Waals surface area contributed by atoms with E-state index in [2.05, 4.69) is 11.8 Å². The second-order valence-corrected chi connectivity index (χ2v) is 6.18. The first-order valence-electron chi connectivity index (χ1n) is 8.25. The van der Waals surface area contributed by atoms with Gasteiger partial charge < -0.3 is 0 Å². The van der Waals surface area contributed by atoms with Crippen LogP contribution >= 0.6 is 11.6 Å². The van der Waals surface area contributed by atoms with Crippen LogP contribution in [0.2, 0.25) is 5.02 Å². The van der Waals surface area contributed by atoms with Gasteiger partial charge in [0.25, 0.3) is 0 Å². The van der Waals surface area contributed by atoms with Gasteiger partial charge in [-0.1, -0.05) is 53.8 Å². The number of Topliss-reactive ketones (excluding diaryl/α,β-unsaturated/α-hetero) is 1. The number of carbonyl (C=O) groups excluding carboxylic acids is 1. The Hall–Kier alpha value is -3.59. The number of nitrogens with zero attached hydrogens (tertiary/aromatic N) is 1. The third-order valence-corrected chi connectivity index (χ3v) is 4.07. The fraction of sp³-hybridized carbons (Fsp3) is 0. The Bertz CT molecular complexity index is 1080. The number of hydrogen-bond acceptors (Lipinski definition) is 2. The van der Waals surface area contributed by atoms with Gasteiger partial charge in [-0.3, -0.25) is 4.79 Å². The van der Waals surface area contributed by atoms with Crippen molar-refractivity contribution in [3.05, 3.63) is 112 Å². The molecule has 3 aromatic carbocycles. The maximum Gasteiger partial charge on any atom is 0.203 e. The lowest BCUT2D eigenvalue weighted by atomic mass is 10.0. The lowest BCUT2D eigenvalue weighted by molar-refractivity contribution is 0.104. The number of benzene rings is 3. The Balaban J connectivity index is 1.79. The van der Waals surface area contributed by atoms with Crippen molar-refractivity contribution >= 4 is 23.5 Å². The Kier molecular flexibility index (Phi) is 5.85. The molecular weight excluding hydrogens is 354 g/mol. The zero-order valence-corrected chi connectivity index (χ0v) is 15.1. The largest absolute Gasteiger partial charge is 0.288 e. The second kappa shape index (κ2) is 8.68. The SMILES string of the molecule is N#CC(=Cc1ccc(C#Cc2ccccc2)cc1)C(=O)c1ccc(Cl)cc1. The topological polar surface area (TPSA) is 40.9 Å². The van der Waals surface area contributed by atoms with Gasteiger partial charge in [-0.2, -0.15) is 5.26 Å². The summed E-state index contributed by atoms with van der Waals surface area (Å²) >= 11 is 5.84. The van der Waals surface area contributed by atoms with Crippen molar-refractivity contribution in [2.45, 2.75) is 0 Å². The van der Waals surface area contributed by atoms with Crippen LogP contribution in [0.3, 0.4) is 0 Å². The lowest BCUT2D eigenvalue weighted by Crippen LogP contribution is -2.01. The van der Waals surface area contributed by atoms with E-state index >= 15 is 0 Å². The van der Waals surface area contributed by atoms with Gasteiger partial charge >= 0.3 is 0 Å². The minimum absolute atomic E-state index is 0.0699. The highest BCUT2D eigenvalue weighted by atomic mass is 35.5. The highest BCUT2D eigenvalue weighted by Gasteiger charge is 2.11. The molecule has 0 aliphatic carbocycles. The number of halogens is 1. The molecule has 0 atom stereocenters. The van der Waals surface area contributed by atoms with Crippen molar-refractivity contribution in [1.82, 2.24) is 0 Å². The van der Waals surface area contributed by atoms with Gasteiger partial charge in [0.2, 0.25) is 5.78 Å². The van der Waals surface area contributed by atoms with Crippen molar-refractivity contribution in [3.8, 4) is 17.9 Å². The van der Waals surface area contributed by atoms with E-state index in [1.165, 1.54) is 0 Å². The smallest absolute Gasteiger partial charge is 0.203 e. The van der Waals surface area contributed by atoms with Crippen LogP contribution in [0.25, 0.3) is 6.08 Å². The van der Waals surface area contributed by atoms with E-state index in [-0.39, 0.29) is 11.4 Å². The van der Waals surface area contributed by atoms with Crippen molar-refractivity contribution in [2.75, 3.05) is 0 Å². The number of hydrogen-bond donors (Lipinski definition) is 0. The molecule has 0 spiro atoms. The third kappa shape index (κ3) is 4.95. The van der Waals surface area contributed by atoms with Gasteiger partial charge in [0, 0.05) is 21.7 Å². The molecule has 0 bridgehead atoms. The summed E-state index contributed by atoms with van der Waals surface area (Å²) < 4.78 is 0. The molecule has 0 N–H and O–H groups in total. The molecule has 3 rings (SSSR count). The van der Waals surface area contributed by atoms with E-state index < -0.39 is 0 Å². The van der Waals surface area contributed by atoms with Gasteiger partial charge in [-0.25, -0.2) is 0 Å². The van der Waals surface area contributed by atoms with E-state index in [0.717, 1.165) is 16.7 Å². The molecule has 0 heterocycles. The van der Waals surface area contributed by atoms with E-state index in [0.29, 0.717) is 10.6 Å². The van der Waals surface area contributed by atoms with E-state index in [1.807, 2.05) is 60.7 Å². The number of allylic oxidation sites excluding steroid dienone is 1. The van der Waals surface area contributed by atoms with Crippen molar-refractivity contribution in [3.63, 3.8) is 0 Å². The first kappa shape index (κ1) is 18.2. The van der Waals surface area contributed by atoms with E-state index in [9.17, 15) is 10.1 Å². The molecule has 3 heteroatoms. The molecule has 2 nitrogen and oxygen atoms in total. The average Bonchev–Trinajstić information content (AvgIpc) is 2.72. The first-order chi connectivity index (χ1) is 13.2. The fourth-order valence-electron chi connectivity index (χ4n) is 2.40. The summed E-state index contributed by atoms with van der Waals surface area (Å²) in [6, 6.07) is 25.6. The normalized spacial score (nSPS) is 10.4. The number of nitriles is 1. The summed E-state index contributed by atoms with van der Waals surface area (Å²) in [6.45, 7) is 0. The standard InChI is InChI=1S/C24H14ClNO/c25-23-14-12-21(13-15-23)24(27)22(17-26)16-20-10-8-19(9-11-20)7-6-18-4-2-1-3-5-18/h1-5,8-16H. The zero-order valence-electron chi connectivity index (χ0n) is 14.3. The predicted molar refractivity (Wildman–Crippen MR) is 108 cm³/mol. The molecule has 27 heavy (non-hydrogen) atoms. The van der Waals surface area contributed by atoms with Crippen molar-refractivity contribution in [2.24, 2.45) is 0 Å². The molecule has 3 aromatic rings. The molecule has 0 aliphatic rings. The zero-order chi connectivity index (χ0) is 19.1. The van der Waals surface area contributed by atoms with Gasteiger partial charge in [0.05, 0.1) is 0 Å². The molecule has 0 aliphatic heterocycles. The summed E-state index contributed by atoms with van der Waals surface area (Å²) in [5.74, 6) is 5.86. The van der Waals surface area contributed by atoms with Crippen LogP contribution in [-0.2, 0) is 0 Å². The summed E-state index contributed by atoms with van der Waals surface area (Å²) in [5, 5.41) is 9.89. The average molecular weight is 368 g/mol. The van der Waals surface area contributed by atoms with E-state index in [4.69, 9.17) is 11.6 Å². The van der Waals surface area contributed by atoms with Crippen molar-refractivity contribution in [1.29, 1.82) is 5.26 Å². The summed E-state index contributed by atoms with van der Waals surface area (Å²) in [4.78, 5) is 12.5. The molecule has 0 radical (unpaired) electrons. The minimum Gasteiger partial charge on any atom is -0.288 e. The van der Waals surface area contributed by atoms with Crippen LogP contribution in [0, 0.1) is 23.2 Å². The molecule has 0 aromatic heterocycles. The Labute approximate surface area is 163 Å². The van der Waals surface area contributed by atoms with Crippen LogP contribution in [0.15, 0.2) is 84.4 Å². The molecule has 128 valence electrons. The first-order valence-corrected chi connectivity index (χ1v) is 8.63. The minimum atomic E-state index is -0.331. The number of rotatable bonds is 3. The maximum absolute atomic E-state index is 12.5. The monoisotopic (exact) mass is 367 g/mol. The highest BCUT2D eigenvalue weighted by Crippen LogP contribution is 2.16. The maximum atomic E-state index is 12.5. The van der Waals surface area contributed by atoms with Gasteiger partial charge in [-0.05, 0) is 60.2 Å². The Morgan fingerprint density at radius 3 is 2.00 bits per heavy atom. The van der Waals surface area contributed by atoms with Crippen molar-refractivity contribution < 1.29 is 4.79 Å². The third-order valence-electron chi connectivity index (χ3n) is 3.82. The van der Waals surface area contributed by atoms with Crippen LogP contribution in [0.4, 0.5) is 0 Å². The van der Waals surface area contributed by atoms with Gasteiger partial charge in [-0.15, -0.1) is 0 Å². The van der Waals surface area contributed by atoms with Gasteiger partial charge in [0.15, 0.2) is 0 Å². The fourth-order valence-corrected chi connectivity index (χ4v) is 2.53. The van der Waals surface area contributed by atoms with Crippen LogP contribution in [0.1, 0.15) is 27.0 Å². The Morgan fingerprint density at radius 2 is 1.41 bits per heavy atom.